The Labute approximate surface area is 80.5 Å². The van der Waals surface area contributed by atoms with E-state index in [1.165, 1.54) is 0 Å². The first kappa shape index (κ1) is 10.7. The average Bonchev–Trinajstić information content (AvgIpc) is 2.82. The van der Waals surface area contributed by atoms with E-state index in [-0.39, 0.29) is 11.8 Å². The summed E-state index contributed by atoms with van der Waals surface area (Å²) in [5.41, 5.74) is 0. The van der Waals surface area contributed by atoms with Crippen LogP contribution in [0.25, 0.3) is 0 Å². The summed E-state index contributed by atoms with van der Waals surface area (Å²) in [6.07, 6.45) is 4.36. The van der Waals surface area contributed by atoms with E-state index in [1.807, 2.05) is 6.92 Å². The summed E-state index contributed by atoms with van der Waals surface area (Å²) in [5, 5.41) is 0. The molecule has 1 rings (SSSR count). The minimum atomic E-state index is -3.01. The van der Waals surface area contributed by atoms with E-state index in [4.69, 9.17) is 0 Å². The Morgan fingerprint density at radius 3 is 2.54 bits per heavy atom. The van der Waals surface area contributed by atoms with Crippen molar-refractivity contribution in [2.45, 2.75) is 32.2 Å². The second-order valence-electron chi connectivity index (χ2n) is 3.41. The molecule has 1 saturated carbocycles. The average molecular weight is 203 g/mol. The molecule has 0 aromatic heterocycles. The molecule has 1 aliphatic carbocycles. The van der Waals surface area contributed by atoms with E-state index in [0.29, 0.717) is 13.0 Å². The first-order valence-corrected chi connectivity index (χ1v) is 6.33. The zero-order chi connectivity index (χ0) is 9.90. The molecular formula is C9H17NO2S. The third kappa shape index (κ3) is 2.81. The van der Waals surface area contributed by atoms with Crippen molar-refractivity contribution in [3.05, 3.63) is 12.7 Å². The van der Waals surface area contributed by atoms with Gasteiger partial charge in [-0.3, -0.25) is 0 Å². The first-order valence-electron chi connectivity index (χ1n) is 4.72. The quantitative estimate of drug-likeness (QED) is 0.611. The number of hydrogen-bond acceptors (Lipinski definition) is 2. The van der Waals surface area contributed by atoms with Gasteiger partial charge in [0.15, 0.2) is 0 Å². The van der Waals surface area contributed by atoms with Crippen LogP contribution >= 0.6 is 0 Å². The Morgan fingerprint density at radius 2 is 2.15 bits per heavy atom. The van der Waals surface area contributed by atoms with Crippen molar-refractivity contribution >= 4 is 10.0 Å². The zero-order valence-corrected chi connectivity index (χ0v) is 8.89. The summed E-state index contributed by atoms with van der Waals surface area (Å²) in [6.45, 7) is 5.93. The van der Waals surface area contributed by atoms with E-state index in [1.54, 1.807) is 10.4 Å². The van der Waals surface area contributed by atoms with Crippen LogP contribution in [0.4, 0.5) is 0 Å². The molecule has 0 atom stereocenters. The molecule has 1 aliphatic rings. The van der Waals surface area contributed by atoms with Crippen LogP contribution in [0.15, 0.2) is 12.7 Å². The summed E-state index contributed by atoms with van der Waals surface area (Å²) in [4.78, 5) is 0. The van der Waals surface area contributed by atoms with Crippen molar-refractivity contribution < 1.29 is 8.42 Å². The van der Waals surface area contributed by atoms with Gasteiger partial charge in [-0.25, -0.2) is 8.42 Å². The van der Waals surface area contributed by atoms with Gasteiger partial charge >= 0.3 is 0 Å². The smallest absolute Gasteiger partial charge is 0.212 e. The molecule has 13 heavy (non-hydrogen) atoms. The topological polar surface area (TPSA) is 37.4 Å². The molecule has 0 bridgehead atoms. The molecule has 0 N–H and O–H groups in total. The van der Waals surface area contributed by atoms with Crippen molar-refractivity contribution in [2.24, 2.45) is 0 Å². The van der Waals surface area contributed by atoms with Crippen LogP contribution in [-0.4, -0.2) is 31.1 Å². The summed E-state index contributed by atoms with van der Waals surface area (Å²) < 4.78 is 24.9. The molecule has 0 aliphatic heterocycles. The van der Waals surface area contributed by atoms with Crippen molar-refractivity contribution in [1.82, 2.24) is 4.31 Å². The van der Waals surface area contributed by atoms with Crippen LogP contribution in [0.2, 0.25) is 0 Å². The summed E-state index contributed by atoms with van der Waals surface area (Å²) >= 11 is 0. The Bertz CT molecular complexity index is 267. The summed E-state index contributed by atoms with van der Waals surface area (Å²) in [7, 11) is -3.01. The highest BCUT2D eigenvalue weighted by atomic mass is 32.2. The fourth-order valence-electron chi connectivity index (χ4n) is 1.35. The van der Waals surface area contributed by atoms with E-state index >= 15 is 0 Å². The lowest BCUT2D eigenvalue weighted by atomic mass is 10.6. The van der Waals surface area contributed by atoms with E-state index in [9.17, 15) is 8.42 Å². The van der Waals surface area contributed by atoms with Gasteiger partial charge in [0.2, 0.25) is 10.0 Å². The lowest BCUT2D eigenvalue weighted by molar-refractivity contribution is 0.435. The Hall–Kier alpha value is -0.350. The fraction of sp³-hybridized carbons (Fsp3) is 0.778. The summed E-state index contributed by atoms with van der Waals surface area (Å²) in [6, 6.07) is 0.259. The Balaban J connectivity index is 2.67. The standard InChI is InChI=1S/C9H17NO2S/c1-3-7-10(9-5-6-9)13(11,12)8-4-2/h3,9H,1,4-8H2,2H3. The van der Waals surface area contributed by atoms with Crippen LogP contribution in [0, 0.1) is 0 Å². The molecule has 0 aromatic carbocycles. The van der Waals surface area contributed by atoms with Crippen LogP contribution in [0.5, 0.6) is 0 Å². The maximum absolute atomic E-state index is 11.7. The highest BCUT2D eigenvalue weighted by molar-refractivity contribution is 7.89. The molecule has 0 heterocycles. The van der Waals surface area contributed by atoms with E-state index in [0.717, 1.165) is 12.8 Å². The second-order valence-corrected chi connectivity index (χ2v) is 5.45. The lowest BCUT2D eigenvalue weighted by Crippen LogP contribution is -2.34. The molecule has 0 saturated heterocycles. The predicted molar refractivity (Wildman–Crippen MR) is 54.0 cm³/mol. The van der Waals surface area contributed by atoms with Crippen molar-refractivity contribution in [3.8, 4) is 0 Å². The van der Waals surface area contributed by atoms with Gasteiger partial charge in [-0.1, -0.05) is 13.0 Å². The van der Waals surface area contributed by atoms with Crippen molar-refractivity contribution in [3.63, 3.8) is 0 Å². The molecule has 4 heteroatoms. The summed E-state index contributed by atoms with van der Waals surface area (Å²) in [5.74, 6) is 0.261. The van der Waals surface area contributed by atoms with Crippen LogP contribution in [0.1, 0.15) is 26.2 Å². The van der Waals surface area contributed by atoms with Gasteiger partial charge in [0.05, 0.1) is 5.75 Å². The molecule has 0 radical (unpaired) electrons. The number of rotatable bonds is 6. The highest BCUT2D eigenvalue weighted by Gasteiger charge is 2.35. The number of sulfonamides is 1. The molecule has 0 unspecified atom stereocenters. The van der Waals surface area contributed by atoms with E-state index < -0.39 is 10.0 Å². The van der Waals surface area contributed by atoms with Crippen LogP contribution in [0.3, 0.4) is 0 Å². The minimum Gasteiger partial charge on any atom is -0.212 e. The second kappa shape index (κ2) is 4.24. The maximum Gasteiger partial charge on any atom is 0.214 e. The molecule has 0 aromatic rings. The fourth-order valence-corrected chi connectivity index (χ4v) is 3.10. The van der Waals surface area contributed by atoms with Gasteiger partial charge in [-0.05, 0) is 19.3 Å². The molecule has 76 valence electrons. The Kier molecular flexibility index (Phi) is 3.50. The molecule has 1 fully saturated rings. The lowest BCUT2D eigenvalue weighted by Gasteiger charge is -2.19. The molecule has 0 spiro atoms. The van der Waals surface area contributed by atoms with Gasteiger partial charge in [0.1, 0.15) is 0 Å². The van der Waals surface area contributed by atoms with Gasteiger partial charge in [-0.2, -0.15) is 4.31 Å². The van der Waals surface area contributed by atoms with Crippen molar-refractivity contribution in [2.75, 3.05) is 12.3 Å². The van der Waals surface area contributed by atoms with Crippen LogP contribution < -0.4 is 0 Å². The third-order valence-electron chi connectivity index (χ3n) is 2.08. The predicted octanol–water partition coefficient (Wildman–Crippen LogP) is 1.38. The minimum absolute atomic E-state index is 0.259. The monoisotopic (exact) mass is 203 g/mol. The molecular weight excluding hydrogens is 186 g/mol. The normalized spacial score (nSPS) is 17.7. The SMILES string of the molecule is C=CCN(C1CC1)S(=O)(=O)CCC. The largest absolute Gasteiger partial charge is 0.214 e. The third-order valence-corrected chi connectivity index (χ3v) is 4.17. The first-order chi connectivity index (χ1) is 6.11. The van der Waals surface area contributed by atoms with Gasteiger partial charge in [0.25, 0.3) is 0 Å². The number of nitrogens with zero attached hydrogens (tertiary/aromatic N) is 1. The van der Waals surface area contributed by atoms with Gasteiger partial charge in [0, 0.05) is 12.6 Å². The molecule has 0 amide bonds. The number of hydrogen-bond donors (Lipinski definition) is 0. The maximum atomic E-state index is 11.7. The van der Waals surface area contributed by atoms with Crippen LogP contribution in [-0.2, 0) is 10.0 Å². The Morgan fingerprint density at radius 1 is 1.54 bits per heavy atom. The zero-order valence-electron chi connectivity index (χ0n) is 8.07. The highest BCUT2D eigenvalue weighted by Crippen LogP contribution is 2.29. The van der Waals surface area contributed by atoms with Gasteiger partial charge in [-0.15, -0.1) is 6.58 Å². The van der Waals surface area contributed by atoms with Crippen molar-refractivity contribution in [1.29, 1.82) is 0 Å². The van der Waals surface area contributed by atoms with Gasteiger partial charge < -0.3 is 0 Å². The van der Waals surface area contributed by atoms with E-state index in [2.05, 4.69) is 6.58 Å². The molecule has 3 nitrogen and oxygen atoms in total.